The van der Waals surface area contributed by atoms with E-state index in [1.807, 2.05) is 12.3 Å². The molecule has 90 valence electrons. The molecule has 0 aliphatic carbocycles. The Morgan fingerprint density at radius 1 is 1.47 bits per heavy atom. The summed E-state index contributed by atoms with van der Waals surface area (Å²) in [6, 6.07) is 1.81. The largest absolute Gasteiger partial charge is 0.369 e. The number of hydrogen-bond donors (Lipinski definition) is 1. The first-order valence-electron chi connectivity index (χ1n) is 5.15. The number of nitrogens with zero attached hydrogens (tertiary/aromatic N) is 4. The van der Waals surface area contributed by atoms with Gasteiger partial charge in [-0.1, -0.05) is 16.8 Å². The van der Waals surface area contributed by atoms with Crippen molar-refractivity contribution in [3.05, 3.63) is 34.2 Å². The van der Waals surface area contributed by atoms with Crippen molar-refractivity contribution < 1.29 is 0 Å². The van der Waals surface area contributed by atoms with Gasteiger partial charge in [-0.15, -0.1) is 5.10 Å². The molecule has 2 heterocycles. The lowest BCUT2D eigenvalue weighted by Gasteiger charge is -2.07. The molecule has 2 aromatic rings. The van der Waals surface area contributed by atoms with Crippen molar-refractivity contribution >= 4 is 33.3 Å². The number of halogens is 2. The third-order valence-electron chi connectivity index (χ3n) is 2.14. The molecule has 0 aromatic carbocycles. The van der Waals surface area contributed by atoms with E-state index in [1.165, 1.54) is 0 Å². The van der Waals surface area contributed by atoms with Gasteiger partial charge in [-0.3, -0.25) is 4.68 Å². The Kier molecular flexibility index (Phi) is 4.33. The van der Waals surface area contributed by atoms with Crippen LogP contribution in [0.3, 0.4) is 0 Å². The van der Waals surface area contributed by atoms with Gasteiger partial charge in [-0.25, -0.2) is 4.98 Å². The molecule has 2 rings (SSSR count). The van der Waals surface area contributed by atoms with Crippen molar-refractivity contribution in [3.63, 3.8) is 0 Å². The number of aromatic nitrogens is 4. The van der Waals surface area contributed by atoms with Crippen LogP contribution in [-0.2, 0) is 6.54 Å². The Labute approximate surface area is 112 Å². The Balaban J connectivity index is 1.78. The summed E-state index contributed by atoms with van der Waals surface area (Å²) >= 11 is 9.34. The normalized spacial score (nSPS) is 10.5. The van der Waals surface area contributed by atoms with Gasteiger partial charge in [0.05, 0.1) is 11.2 Å². The maximum absolute atomic E-state index is 6.03. The molecule has 0 amide bonds. The Morgan fingerprint density at radius 3 is 3.06 bits per heavy atom. The number of anilines is 1. The molecule has 1 N–H and O–H groups in total. The molecule has 0 spiro atoms. The van der Waals surface area contributed by atoms with E-state index in [1.54, 1.807) is 17.1 Å². The summed E-state index contributed by atoms with van der Waals surface area (Å²) in [4.78, 5) is 4.19. The molecular formula is C10H11BrClN5. The van der Waals surface area contributed by atoms with Crippen molar-refractivity contribution in [2.45, 2.75) is 13.0 Å². The maximum atomic E-state index is 6.03. The van der Waals surface area contributed by atoms with Crippen LogP contribution in [0.4, 0.5) is 5.82 Å². The maximum Gasteiger partial charge on any atom is 0.144 e. The fourth-order valence-electron chi connectivity index (χ4n) is 1.34. The highest BCUT2D eigenvalue weighted by atomic mass is 79.9. The monoisotopic (exact) mass is 315 g/mol. The van der Waals surface area contributed by atoms with Gasteiger partial charge in [0.15, 0.2) is 0 Å². The minimum atomic E-state index is 0.611. The summed E-state index contributed by atoms with van der Waals surface area (Å²) in [7, 11) is 0. The topological polar surface area (TPSA) is 55.6 Å². The second-order valence-electron chi connectivity index (χ2n) is 3.43. The molecule has 5 nitrogen and oxygen atoms in total. The van der Waals surface area contributed by atoms with Crippen LogP contribution in [0.1, 0.15) is 6.42 Å². The lowest BCUT2D eigenvalue weighted by molar-refractivity contribution is 0.569. The zero-order valence-corrected chi connectivity index (χ0v) is 11.3. The summed E-state index contributed by atoms with van der Waals surface area (Å²) in [5, 5.41) is 11.4. The first-order valence-corrected chi connectivity index (χ1v) is 6.32. The van der Waals surface area contributed by atoms with Gasteiger partial charge in [-0.05, 0) is 28.4 Å². The average Bonchev–Trinajstić information content (AvgIpc) is 2.79. The minimum Gasteiger partial charge on any atom is -0.369 e. The van der Waals surface area contributed by atoms with Crippen molar-refractivity contribution in [1.82, 2.24) is 20.0 Å². The van der Waals surface area contributed by atoms with Gasteiger partial charge in [0, 0.05) is 30.0 Å². The highest BCUT2D eigenvalue weighted by Crippen LogP contribution is 2.22. The van der Waals surface area contributed by atoms with E-state index in [9.17, 15) is 0 Å². The molecule has 17 heavy (non-hydrogen) atoms. The van der Waals surface area contributed by atoms with Crippen molar-refractivity contribution in [2.75, 3.05) is 11.9 Å². The molecule has 0 saturated heterocycles. The van der Waals surface area contributed by atoms with Crippen LogP contribution < -0.4 is 5.32 Å². The summed E-state index contributed by atoms with van der Waals surface area (Å²) < 4.78 is 2.66. The van der Waals surface area contributed by atoms with Crippen LogP contribution >= 0.6 is 27.5 Å². The predicted octanol–water partition coefficient (Wildman–Crippen LogP) is 2.59. The standard InChI is InChI=1S/C10H11BrClN5/c11-8-6-9(12)10(14-7-8)13-2-1-4-17-5-3-15-16-17/h3,5-7H,1-2,4H2,(H,13,14). The van der Waals surface area contributed by atoms with Crippen LogP contribution in [-0.4, -0.2) is 26.5 Å². The summed E-state index contributed by atoms with van der Waals surface area (Å²) in [5.74, 6) is 0.702. The van der Waals surface area contributed by atoms with Gasteiger partial charge < -0.3 is 5.32 Å². The molecule has 0 atom stereocenters. The van der Waals surface area contributed by atoms with E-state index in [4.69, 9.17) is 11.6 Å². The number of hydrogen-bond acceptors (Lipinski definition) is 4. The van der Waals surface area contributed by atoms with Crippen molar-refractivity contribution in [1.29, 1.82) is 0 Å². The molecule has 7 heteroatoms. The summed E-state index contributed by atoms with van der Waals surface area (Å²) in [6.45, 7) is 1.61. The Morgan fingerprint density at radius 2 is 2.35 bits per heavy atom. The Hall–Kier alpha value is -1.14. The lowest BCUT2D eigenvalue weighted by atomic mass is 10.4. The van der Waals surface area contributed by atoms with E-state index in [0.29, 0.717) is 10.8 Å². The fraction of sp³-hybridized carbons (Fsp3) is 0.300. The van der Waals surface area contributed by atoms with Crippen LogP contribution in [0, 0.1) is 0 Å². The second kappa shape index (κ2) is 5.97. The van der Waals surface area contributed by atoms with Crippen molar-refractivity contribution in [3.8, 4) is 0 Å². The molecule has 0 aliphatic heterocycles. The predicted molar refractivity (Wildman–Crippen MR) is 70.1 cm³/mol. The van der Waals surface area contributed by atoms with E-state index in [2.05, 4.69) is 36.5 Å². The van der Waals surface area contributed by atoms with Crippen LogP contribution in [0.5, 0.6) is 0 Å². The zero-order valence-electron chi connectivity index (χ0n) is 8.98. The second-order valence-corrected chi connectivity index (χ2v) is 4.75. The highest BCUT2D eigenvalue weighted by Gasteiger charge is 2.01. The summed E-state index contributed by atoms with van der Waals surface area (Å²) in [5.41, 5.74) is 0. The average molecular weight is 317 g/mol. The Bertz CT molecular complexity index is 474. The van der Waals surface area contributed by atoms with Gasteiger partial charge in [-0.2, -0.15) is 0 Å². The number of aryl methyl sites for hydroxylation is 1. The van der Waals surface area contributed by atoms with E-state index < -0.39 is 0 Å². The molecule has 0 unspecified atom stereocenters. The molecule has 0 bridgehead atoms. The van der Waals surface area contributed by atoms with Gasteiger partial charge in [0.2, 0.25) is 0 Å². The molecular weight excluding hydrogens is 306 g/mol. The quantitative estimate of drug-likeness (QED) is 0.862. The highest BCUT2D eigenvalue weighted by molar-refractivity contribution is 9.10. The minimum absolute atomic E-state index is 0.611. The van der Waals surface area contributed by atoms with Crippen LogP contribution in [0.25, 0.3) is 0 Å². The molecule has 0 aliphatic rings. The third kappa shape index (κ3) is 3.67. The molecule has 2 aromatic heterocycles. The van der Waals surface area contributed by atoms with Crippen molar-refractivity contribution in [2.24, 2.45) is 0 Å². The SMILES string of the molecule is Clc1cc(Br)cnc1NCCCn1ccnn1. The van der Waals surface area contributed by atoms with Gasteiger partial charge >= 0.3 is 0 Å². The van der Waals surface area contributed by atoms with Crippen LogP contribution in [0.15, 0.2) is 29.1 Å². The van der Waals surface area contributed by atoms with E-state index in [-0.39, 0.29) is 0 Å². The number of nitrogens with one attached hydrogen (secondary N) is 1. The molecule has 0 fully saturated rings. The summed E-state index contributed by atoms with van der Waals surface area (Å²) in [6.07, 6.45) is 6.15. The van der Waals surface area contributed by atoms with E-state index in [0.717, 1.165) is 24.0 Å². The molecule has 0 radical (unpaired) electrons. The first kappa shape index (κ1) is 12.3. The molecule has 0 saturated carbocycles. The number of pyridine rings is 1. The number of rotatable bonds is 5. The zero-order chi connectivity index (χ0) is 12.1. The van der Waals surface area contributed by atoms with Crippen LogP contribution in [0.2, 0.25) is 5.02 Å². The fourth-order valence-corrected chi connectivity index (χ4v) is 2.04. The lowest BCUT2D eigenvalue weighted by Crippen LogP contribution is -2.08. The van der Waals surface area contributed by atoms with Gasteiger partial charge in [0.1, 0.15) is 5.82 Å². The van der Waals surface area contributed by atoms with E-state index >= 15 is 0 Å². The van der Waals surface area contributed by atoms with Gasteiger partial charge in [0.25, 0.3) is 0 Å². The third-order valence-corrected chi connectivity index (χ3v) is 2.86. The first-order chi connectivity index (χ1) is 8.25. The smallest absolute Gasteiger partial charge is 0.144 e.